The van der Waals surface area contributed by atoms with E-state index in [4.69, 9.17) is 9.47 Å². The van der Waals surface area contributed by atoms with Crippen molar-refractivity contribution in [3.63, 3.8) is 0 Å². The molecule has 3 aromatic carbocycles. The molecule has 2 unspecified atom stereocenters. The van der Waals surface area contributed by atoms with E-state index in [1.807, 2.05) is 24.3 Å². The van der Waals surface area contributed by atoms with Crippen LogP contribution in [0.3, 0.4) is 0 Å². The van der Waals surface area contributed by atoms with Crippen LogP contribution >= 0.6 is 35.3 Å². The number of carbonyl (C=O) groups excluding carboxylic acids is 3. The summed E-state index contributed by atoms with van der Waals surface area (Å²) < 4.78 is 10.9. The molecule has 1 aliphatic heterocycles. The van der Waals surface area contributed by atoms with E-state index >= 15 is 0 Å². The SMILES string of the molecule is CC(=O)Sc1ccc(C(O)CC(=O)Sc2ccc(C(O)CC(=O)Sc3ccc(C4OCCO4)cc3)cc2)cc1. The fourth-order valence-corrected chi connectivity index (χ4v) is 5.98. The Morgan fingerprint density at radius 3 is 1.49 bits per heavy atom. The van der Waals surface area contributed by atoms with E-state index in [0.29, 0.717) is 29.2 Å². The third-order valence-corrected chi connectivity index (χ3v) is 8.35. The van der Waals surface area contributed by atoms with Crippen molar-refractivity contribution in [2.24, 2.45) is 0 Å². The van der Waals surface area contributed by atoms with Crippen molar-refractivity contribution < 1.29 is 34.1 Å². The van der Waals surface area contributed by atoms with Crippen molar-refractivity contribution in [1.29, 1.82) is 0 Å². The van der Waals surface area contributed by atoms with Gasteiger partial charge in [-0.3, -0.25) is 14.4 Å². The fourth-order valence-electron chi connectivity index (χ4n) is 3.82. The van der Waals surface area contributed by atoms with Crippen LogP contribution in [-0.2, 0) is 23.9 Å². The number of hydrogen-bond acceptors (Lipinski definition) is 10. The smallest absolute Gasteiger partial charge is 0.196 e. The summed E-state index contributed by atoms with van der Waals surface area (Å²) in [5, 5.41) is 20.6. The lowest BCUT2D eigenvalue weighted by molar-refractivity contribution is -0.113. The number of hydrogen-bond donors (Lipinski definition) is 2. The summed E-state index contributed by atoms with van der Waals surface area (Å²) in [5.41, 5.74) is 2.08. The molecule has 0 aliphatic carbocycles. The fraction of sp³-hybridized carbons (Fsp3) is 0.276. The standard InChI is InChI=1S/C29H28O7S3/c1-18(30)37-22-8-2-19(3-9-22)25(31)16-27(33)38-23-10-4-20(5-11-23)26(32)17-28(34)39-24-12-6-21(7-13-24)29-35-14-15-36-29/h2-13,25-26,29,31-32H,14-17H2,1H3. The lowest BCUT2D eigenvalue weighted by Crippen LogP contribution is -2.04. The molecule has 204 valence electrons. The van der Waals surface area contributed by atoms with Crippen LogP contribution in [0.1, 0.15) is 55.0 Å². The normalized spacial score (nSPS) is 15.2. The van der Waals surface area contributed by atoms with Crippen molar-refractivity contribution >= 4 is 50.6 Å². The Morgan fingerprint density at radius 2 is 1.08 bits per heavy atom. The molecule has 0 bridgehead atoms. The monoisotopic (exact) mass is 584 g/mol. The first-order chi connectivity index (χ1) is 18.8. The van der Waals surface area contributed by atoms with E-state index in [1.165, 1.54) is 6.92 Å². The summed E-state index contributed by atoms with van der Waals surface area (Å²) in [6, 6.07) is 21.1. The van der Waals surface area contributed by atoms with Crippen LogP contribution in [0.2, 0.25) is 0 Å². The van der Waals surface area contributed by atoms with Gasteiger partial charge in [-0.15, -0.1) is 0 Å². The first kappa shape index (κ1) is 29.5. The van der Waals surface area contributed by atoms with E-state index in [1.54, 1.807) is 48.5 Å². The molecule has 1 fully saturated rings. The van der Waals surface area contributed by atoms with Crippen molar-refractivity contribution in [3.8, 4) is 0 Å². The molecule has 0 spiro atoms. The highest BCUT2D eigenvalue weighted by Crippen LogP contribution is 2.31. The largest absolute Gasteiger partial charge is 0.388 e. The van der Waals surface area contributed by atoms with E-state index in [9.17, 15) is 24.6 Å². The molecule has 0 amide bonds. The molecule has 0 saturated carbocycles. The van der Waals surface area contributed by atoms with Crippen molar-refractivity contribution in [3.05, 3.63) is 89.5 Å². The van der Waals surface area contributed by atoms with Crippen LogP contribution < -0.4 is 0 Å². The topological polar surface area (TPSA) is 110 Å². The highest BCUT2D eigenvalue weighted by Gasteiger charge is 2.19. The van der Waals surface area contributed by atoms with Gasteiger partial charge in [0.2, 0.25) is 0 Å². The molecule has 4 rings (SSSR count). The van der Waals surface area contributed by atoms with Gasteiger partial charge in [0, 0.05) is 40.0 Å². The first-order valence-corrected chi connectivity index (χ1v) is 14.7. The summed E-state index contributed by atoms with van der Waals surface area (Å²) in [7, 11) is 0. The molecule has 7 nitrogen and oxygen atoms in total. The molecule has 1 heterocycles. The molecular weight excluding hydrogens is 557 g/mol. The van der Waals surface area contributed by atoms with Crippen molar-refractivity contribution in [2.45, 2.75) is 52.9 Å². The molecular formula is C29H28O7S3. The van der Waals surface area contributed by atoms with E-state index < -0.39 is 12.2 Å². The quantitative estimate of drug-likeness (QED) is 0.281. The number of benzene rings is 3. The Hall–Kier alpha value is -2.44. The zero-order valence-electron chi connectivity index (χ0n) is 21.1. The van der Waals surface area contributed by atoms with Gasteiger partial charge in [-0.2, -0.15) is 0 Å². The summed E-state index contributed by atoms with van der Waals surface area (Å²) in [6.07, 6.45) is -2.40. The number of carbonyl (C=O) groups is 3. The van der Waals surface area contributed by atoms with Crippen LogP contribution in [0.5, 0.6) is 0 Å². The van der Waals surface area contributed by atoms with Gasteiger partial charge < -0.3 is 19.7 Å². The summed E-state index contributed by atoms with van der Waals surface area (Å²) in [4.78, 5) is 38.4. The van der Waals surface area contributed by atoms with Gasteiger partial charge in [0.25, 0.3) is 0 Å². The Bertz CT molecular complexity index is 1270. The van der Waals surface area contributed by atoms with Crippen molar-refractivity contribution in [1.82, 2.24) is 0 Å². The average molecular weight is 585 g/mol. The zero-order chi connectivity index (χ0) is 27.8. The van der Waals surface area contributed by atoms with Crippen molar-refractivity contribution in [2.75, 3.05) is 13.2 Å². The lowest BCUT2D eigenvalue weighted by atomic mass is 10.1. The van der Waals surface area contributed by atoms with Gasteiger partial charge in [-0.05, 0) is 47.5 Å². The Labute approximate surface area is 239 Å². The van der Waals surface area contributed by atoms with Crippen LogP contribution in [-0.4, -0.2) is 38.8 Å². The summed E-state index contributed by atoms with van der Waals surface area (Å²) in [5.74, 6) is 0. The average Bonchev–Trinajstić information content (AvgIpc) is 3.44. The van der Waals surface area contributed by atoms with Crippen LogP contribution in [0.4, 0.5) is 0 Å². The second-order valence-electron chi connectivity index (χ2n) is 8.76. The third kappa shape index (κ3) is 9.04. The molecule has 10 heteroatoms. The minimum Gasteiger partial charge on any atom is -0.388 e. The van der Waals surface area contributed by atoms with Gasteiger partial charge in [0.1, 0.15) is 0 Å². The number of ether oxygens (including phenoxy) is 2. The van der Waals surface area contributed by atoms with Crippen LogP contribution in [0.25, 0.3) is 0 Å². The molecule has 1 saturated heterocycles. The van der Waals surface area contributed by atoms with Gasteiger partial charge in [0.15, 0.2) is 21.6 Å². The van der Waals surface area contributed by atoms with E-state index in [2.05, 4.69) is 0 Å². The Morgan fingerprint density at radius 1 is 0.692 bits per heavy atom. The molecule has 2 N–H and O–H groups in total. The third-order valence-electron chi connectivity index (χ3n) is 5.75. The van der Waals surface area contributed by atoms with Gasteiger partial charge >= 0.3 is 0 Å². The van der Waals surface area contributed by atoms with Crippen LogP contribution in [0.15, 0.2) is 87.5 Å². The maximum absolute atomic E-state index is 12.5. The summed E-state index contributed by atoms with van der Waals surface area (Å²) >= 11 is 3.18. The Balaban J connectivity index is 1.23. The van der Waals surface area contributed by atoms with Gasteiger partial charge in [0.05, 0.1) is 25.4 Å². The first-order valence-electron chi connectivity index (χ1n) is 12.3. The molecule has 3 aromatic rings. The van der Waals surface area contributed by atoms with E-state index in [0.717, 1.165) is 50.6 Å². The number of rotatable bonds is 10. The highest BCUT2D eigenvalue weighted by atomic mass is 32.2. The van der Waals surface area contributed by atoms with Crippen LogP contribution in [0, 0.1) is 0 Å². The lowest BCUT2D eigenvalue weighted by Gasteiger charge is -2.12. The minimum absolute atomic E-state index is 0.0220. The second kappa shape index (κ2) is 14.3. The molecule has 2 atom stereocenters. The molecule has 1 aliphatic rings. The van der Waals surface area contributed by atoms with Gasteiger partial charge in [-0.25, -0.2) is 0 Å². The predicted octanol–water partition coefficient (Wildman–Crippen LogP) is 5.86. The van der Waals surface area contributed by atoms with Gasteiger partial charge in [-0.1, -0.05) is 71.7 Å². The minimum atomic E-state index is -0.967. The number of aliphatic hydroxyl groups is 2. The molecule has 39 heavy (non-hydrogen) atoms. The molecule has 0 aromatic heterocycles. The maximum atomic E-state index is 12.5. The Kier molecular flexibility index (Phi) is 10.8. The number of thioether (sulfide) groups is 3. The molecule has 0 radical (unpaired) electrons. The van der Waals surface area contributed by atoms with E-state index in [-0.39, 0.29) is 34.5 Å². The predicted molar refractivity (Wildman–Crippen MR) is 151 cm³/mol. The highest BCUT2D eigenvalue weighted by molar-refractivity contribution is 8.14. The summed E-state index contributed by atoms with van der Waals surface area (Å²) in [6.45, 7) is 2.62. The number of aliphatic hydroxyl groups excluding tert-OH is 2. The second-order valence-corrected chi connectivity index (χ2v) is 12.3. The zero-order valence-corrected chi connectivity index (χ0v) is 23.6. The maximum Gasteiger partial charge on any atom is 0.196 e.